The molecule has 0 bridgehead atoms. The lowest BCUT2D eigenvalue weighted by Gasteiger charge is -2.49. The first-order valence-electron chi connectivity index (χ1n) is 10.5. The molecule has 3 aliphatic rings. The number of imide groups is 1. The van der Waals surface area contributed by atoms with E-state index in [9.17, 15) is 24.5 Å². The van der Waals surface area contributed by atoms with Gasteiger partial charge >= 0.3 is 0 Å². The topological polar surface area (TPSA) is 119 Å². The minimum atomic E-state index is -1.19. The summed E-state index contributed by atoms with van der Waals surface area (Å²) in [6, 6.07) is 14.1. The van der Waals surface area contributed by atoms with Crippen LogP contribution in [0.5, 0.6) is 11.5 Å². The Labute approximate surface area is 205 Å². The maximum absolute atomic E-state index is 13.5. The van der Waals surface area contributed by atoms with Crippen LogP contribution in [0.2, 0.25) is 0 Å². The molecule has 0 aliphatic carbocycles. The van der Waals surface area contributed by atoms with Crippen LogP contribution in [0.3, 0.4) is 0 Å². The van der Waals surface area contributed by atoms with E-state index < -0.39 is 40.4 Å². The van der Waals surface area contributed by atoms with E-state index in [1.165, 1.54) is 23.1 Å². The van der Waals surface area contributed by atoms with Crippen molar-refractivity contribution in [2.75, 3.05) is 11.7 Å². The quantitative estimate of drug-likeness (QED) is 0.215. The van der Waals surface area contributed by atoms with Gasteiger partial charge in [-0.25, -0.2) is 0 Å². The van der Waals surface area contributed by atoms with Gasteiger partial charge in [-0.05, 0) is 48.0 Å². The fourth-order valence-corrected chi connectivity index (χ4v) is 5.00. The molecule has 0 radical (unpaired) electrons. The van der Waals surface area contributed by atoms with Crippen molar-refractivity contribution in [3.8, 4) is 11.5 Å². The molecule has 0 spiro atoms. The summed E-state index contributed by atoms with van der Waals surface area (Å²) in [4.78, 5) is 53.2. The third kappa shape index (κ3) is 3.04. The van der Waals surface area contributed by atoms with Crippen LogP contribution < -0.4 is 14.4 Å². The maximum Gasteiger partial charge on any atom is 0.282 e. The van der Waals surface area contributed by atoms with Crippen molar-refractivity contribution in [3.63, 3.8) is 0 Å². The molecule has 10 nitrogen and oxygen atoms in total. The normalized spacial score (nSPS) is 20.2. The summed E-state index contributed by atoms with van der Waals surface area (Å²) in [7, 11) is 0. The van der Waals surface area contributed by atoms with E-state index >= 15 is 0 Å². The molecule has 3 aliphatic heterocycles. The van der Waals surface area contributed by atoms with E-state index in [0.717, 1.165) is 9.37 Å². The fraction of sp³-hybridized carbons (Fsp3) is 0.125. The smallest absolute Gasteiger partial charge is 0.282 e. The largest absolute Gasteiger partial charge is 0.454 e. The SMILES string of the molecule is O=C1c2cccc([N+](=O)[O-])c2C(=O)N1[C@@H]1C(=O)N(c2ccc(Br)cc2)[C@@H]1c1ccc2c(c1)OCO2. The van der Waals surface area contributed by atoms with Gasteiger partial charge in [-0.15, -0.1) is 0 Å². The number of nitro benzene ring substituents is 1. The highest BCUT2D eigenvalue weighted by molar-refractivity contribution is 9.10. The average molecular weight is 536 g/mol. The van der Waals surface area contributed by atoms with Crippen LogP contribution in [0.4, 0.5) is 11.4 Å². The lowest BCUT2D eigenvalue weighted by molar-refractivity contribution is -0.385. The number of carbonyl (C=O) groups excluding carboxylic acids is 3. The van der Waals surface area contributed by atoms with Gasteiger partial charge in [-0.3, -0.25) is 29.4 Å². The highest BCUT2D eigenvalue weighted by Gasteiger charge is 2.58. The molecule has 1 fully saturated rings. The molecule has 174 valence electrons. The van der Waals surface area contributed by atoms with Gasteiger partial charge in [0.25, 0.3) is 23.4 Å². The molecule has 11 heteroatoms. The molecule has 3 heterocycles. The van der Waals surface area contributed by atoms with Crippen LogP contribution in [0.15, 0.2) is 65.1 Å². The van der Waals surface area contributed by atoms with Crippen molar-refractivity contribution >= 4 is 45.0 Å². The molecule has 6 rings (SSSR count). The molecule has 35 heavy (non-hydrogen) atoms. The van der Waals surface area contributed by atoms with Gasteiger partial charge in [-0.1, -0.05) is 28.1 Å². The number of hydrogen-bond acceptors (Lipinski definition) is 7. The van der Waals surface area contributed by atoms with Crippen molar-refractivity contribution < 1.29 is 28.8 Å². The van der Waals surface area contributed by atoms with E-state index in [4.69, 9.17) is 9.47 Å². The molecule has 1 saturated heterocycles. The van der Waals surface area contributed by atoms with Crippen LogP contribution in [-0.2, 0) is 4.79 Å². The standard InChI is InChI=1S/C24H14BrN3O7/c25-13-5-7-14(8-6-13)26-20(12-4-9-17-18(10-12)35-11-34-17)21(24(26)31)27-22(29)15-2-1-3-16(28(32)33)19(15)23(27)30/h1-10,20-21H,11H2/t20-,21+/m1/s1. The van der Waals surface area contributed by atoms with Crippen molar-refractivity contribution in [2.24, 2.45) is 0 Å². The summed E-state index contributed by atoms with van der Waals surface area (Å²) < 4.78 is 11.7. The molecular weight excluding hydrogens is 522 g/mol. The summed E-state index contributed by atoms with van der Waals surface area (Å²) in [6.45, 7) is 0.0598. The van der Waals surface area contributed by atoms with Crippen molar-refractivity contribution in [3.05, 3.63) is 91.9 Å². The highest BCUT2D eigenvalue weighted by Crippen LogP contribution is 2.47. The number of nitrogens with zero attached hydrogens (tertiary/aromatic N) is 3. The number of benzene rings is 3. The Morgan fingerprint density at radius 2 is 1.63 bits per heavy atom. The molecular formula is C24H14BrN3O7. The van der Waals surface area contributed by atoms with Crippen molar-refractivity contribution in [1.82, 2.24) is 4.90 Å². The third-order valence-corrected chi connectivity index (χ3v) is 6.84. The Morgan fingerprint density at radius 3 is 2.37 bits per heavy atom. The van der Waals surface area contributed by atoms with Crippen LogP contribution in [0.1, 0.15) is 32.3 Å². The zero-order valence-electron chi connectivity index (χ0n) is 17.7. The molecule has 0 aromatic heterocycles. The third-order valence-electron chi connectivity index (χ3n) is 6.31. The summed E-state index contributed by atoms with van der Waals surface area (Å²) in [5.41, 5.74) is 0.317. The summed E-state index contributed by atoms with van der Waals surface area (Å²) >= 11 is 3.37. The number of hydrogen-bond donors (Lipinski definition) is 0. The number of carbonyl (C=O) groups is 3. The summed E-state index contributed by atoms with van der Waals surface area (Å²) in [5.74, 6) is -1.06. The molecule has 3 aromatic rings. The van der Waals surface area contributed by atoms with Gasteiger partial charge in [0.05, 0.1) is 16.5 Å². The zero-order valence-corrected chi connectivity index (χ0v) is 19.3. The van der Waals surface area contributed by atoms with Gasteiger partial charge in [0.15, 0.2) is 11.5 Å². The molecule has 0 N–H and O–H groups in total. The lowest BCUT2D eigenvalue weighted by Crippen LogP contribution is -2.67. The monoisotopic (exact) mass is 535 g/mol. The van der Waals surface area contributed by atoms with Crippen LogP contribution >= 0.6 is 15.9 Å². The molecule has 3 amide bonds. The second kappa shape index (κ2) is 7.64. The number of β-lactam (4-membered cyclic amide) rings is 1. The van der Waals surface area contributed by atoms with Gasteiger partial charge in [0, 0.05) is 16.2 Å². The Kier molecular flexibility index (Phi) is 4.65. The average Bonchev–Trinajstić information content (AvgIpc) is 3.41. The molecule has 3 aromatic carbocycles. The number of rotatable bonds is 4. The summed E-state index contributed by atoms with van der Waals surface area (Å²) in [6.07, 6.45) is 0. The van der Waals surface area contributed by atoms with Gasteiger partial charge < -0.3 is 14.4 Å². The number of fused-ring (bicyclic) bond motifs is 2. The second-order valence-corrected chi connectivity index (χ2v) is 9.04. The lowest BCUT2D eigenvalue weighted by atomic mass is 9.86. The molecule has 2 atom stereocenters. The first-order valence-corrected chi connectivity index (χ1v) is 11.3. The second-order valence-electron chi connectivity index (χ2n) is 8.12. The predicted molar refractivity (Wildman–Crippen MR) is 124 cm³/mol. The zero-order chi connectivity index (χ0) is 24.4. The number of anilines is 1. The number of amides is 3. The van der Waals surface area contributed by atoms with E-state index in [0.29, 0.717) is 22.7 Å². The van der Waals surface area contributed by atoms with Crippen LogP contribution in [0.25, 0.3) is 0 Å². The van der Waals surface area contributed by atoms with Gasteiger partial charge in [0.1, 0.15) is 11.6 Å². The van der Waals surface area contributed by atoms with E-state index in [1.807, 2.05) is 0 Å². The first kappa shape index (κ1) is 21.3. The predicted octanol–water partition coefficient (Wildman–Crippen LogP) is 3.84. The van der Waals surface area contributed by atoms with E-state index in [2.05, 4.69) is 15.9 Å². The molecule has 0 saturated carbocycles. The van der Waals surface area contributed by atoms with E-state index in [1.54, 1.807) is 42.5 Å². The minimum absolute atomic E-state index is 0.0598. The van der Waals surface area contributed by atoms with Crippen molar-refractivity contribution in [2.45, 2.75) is 12.1 Å². The first-order chi connectivity index (χ1) is 16.9. The highest BCUT2D eigenvalue weighted by atomic mass is 79.9. The Morgan fingerprint density at radius 1 is 0.886 bits per heavy atom. The Bertz CT molecular complexity index is 1460. The molecule has 0 unspecified atom stereocenters. The number of ether oxygens (including phenoxy) is 2. The maximum atomic E-state index is 13.5. The fourth-order valence-electron chi connectivity index (χ4n) is 4.73. The Hall–Kier alpha value is -4.25. The minimum Gasteiger partial charge on any atom is -0.454 e. The van der Waals surface area contributed by atoms with Gasteiger partial charge in [-0.2, -0.15) is 0 Å². The summed E-state index contributed by atoms with van der Waals surface area (Å²) in [5, 5.41) is 11.5. The number of halogens is 1. The van der Waals surface area contributed by atoms with Crippen LogP contribution in [-0.4, -0.2) is 40.4 Å². The van der Waals surface area contributed by atoms with Crippen molar-refractivity contribution in [1.29, 1.82) is 0 Å². The van der Waals surface area contributed by atoms with Crippen LogP contribution in [0, 0.1) is 10.1 Å². The number of nitro groups is 1. The van der Waals surface area contributed by atoms with E-state index in [-0.39, 0.29) is 17.9 Å². The Balaban J connectivity index is 1.45. The van der Waals surface area contributed by atoms with Gasteiger partial charge in [0.2, 0.25) is 6.79 Å².